The highest BCUT2D eigenvalue weighted by Crippen LogP contribution is 2.25. The fourth-order valence-corrected chi connectivity index (χ4v) is 2.04. The van der Waals surface area contributed by atoms with Crippen molar-refractivity contribution in [2.45, 2.75) is 44.6 Å². The molecular weight excluding hydrogens is 188 g/mol. The highest BCUT2D eigenvalue weighted by atomic mass is 35.5. The third kappa shape index (κ3) is 3.65. The summed E-state index contributed by atoms with van der Waals surface area (Å²) < 4.78 is 0. The van der Waals surface area contributed by atoms with Crippen LogP contribution in [0, 0.1) is 5.92 Å². The normalized spacial score (nSPS) is 29.2. The van der Waals surface area contributed by atoms with Crippen LogP contribution in [0.3, 0.4) is 0 Å². The zero-order valence-electron chi connectivity index (χ0n) is 7.84. The molecule has 0 heterocycles. The second kappa shape index (κ2) is 5.61. The standard InChI is InChI=1S/C10H17ClO2/c11-6-2-1-3-8-4-5-9(12)7-10(8)13/h8-9,12H,1-7H2. The van der Waals surface area contributed by atoms with Gasteiger partial charge in [0.25, 0.3) is 0 Å². The van der Waals surface area contributed by atoms with Gasteiger partial charge < -0.3 is 5.11 Å². The first kappa shape index (κ1) is 11.0. The molecule has 0 aliphatic heterocycles. The molecule has 0 amide bonds. The number of carbonyl (C=O) groups excluding carboxylic acids is 1. The SMILES string of the molecule is O=C1CC(O)CCC1CCCCCl. The third-order valence-corrected chi connectivity index (χ3v) is 2.94. The van der Waals surface area contributed by atoms with E-state index in [4.69, 9.17) is 11.6 Å². The van der Waals surface area contributed by atoms with Crippen molar-refractivity contribution in [2.24, 2.45) is 5.92 Å². The Labute approximate surface area is 84.3 Å². The molecule has 13 heavy (non-hydrogen) atoms. The summed E-state index contributed by atoms with van der Waals surface area (Å²) >= 11 is 5.55. The summed E-state index contributed by atoms with van der Waals surface area (Å²) in [5.41, 5.74) is 0. The predicted octanol–water partition coefficient (Wildman–Crippen LogP) is 2.13. The van der Waals surface area contributed by atoms with Gasteiger partial charge in [0, 0.05) is 18.2 Å². The molecule has 1 fully saturated rings. The van der Waals surface area contributed by atoms with Crippen molar-refractivity contribution in [1.82, 2.24) is 0 Å². The number of carbonyl (C=O) groups is 1. The topological polar surface area (TPSA) is 37.3 Å². The summed E-state index contributed by atoms with van der Waals surface area (Å²) in [6.07, 6.45) is 4.63. The molecule has 1 aliphatic rings. The van der Waals surface area contributed by atoms with Crippen LogP contribution in [0.4, 0.5) is 0 Å². The van der Waals surface area contributed by atoms with Crippen LogP contribution in [-0.4, -0.2) is 22.9 Å². The predicted molar refractivity (Wildman–Crippen MR) is 52.9 cm³/mol. The molecule has 0 aromatic rings. The number of Topliss-reactive ketones (excluding diaryl/α,β-unsaturated/α-hetero) is 1. The third-order valence-electron chi connectivity index (χ3n) is 2.68. The molecule has 0 aromatic carbocycles. The van der Waals surface area contributed by atoms with Crippen LogP contribution in [0.1, 0.15) is 38.5 Å². The van der Waals surface area contributed by atoms with Crippen molar-refractivity contribution in [3.8, 4) is 0 Å². The molecule has 0 saturated heterocycles. The molecule has 76 valence electrons. The van der Waals surface area contributed by atoms with Crippen LogP contribution in [0.5, 0.6) is 0 Å². The van der Waals surface area contributed by atoms with Gasteiger partial charge in [-0.3, -0.25) is 4.79 Å². The Kier molecular flexibility index (Phi) is 4.74. The molecule has 2 nitrogen and oxygen atoms in total. The zero-order valence-corrected chi connectivity index (χ0v) is 8.59. The minimum atomic E-state index is -0.378. The molecule has 1 saturated carbocycles. The van der Waals surface area contributed by atoms with Gasteiger partial charge in [-0.15, -0.1) is 11.6 Å². The number of hydrogen-bond acceptors (Lipinski definition) is 2. The highest BCUT2D eigenvalue weighted by Gasteiger charge is 2.26. The summed E-state index contributed by atoms with van der Waals surface area (Å²) in [5, 5.41) is 9.23. The average Bonchev–Trinajstić information content (AvgIpc) is 2.09. The summed E-state index contributed by atoms with van der Waals surface area (Å²) in [6, 6.07) is 0. The van der Waals surface area contributed by atoms with Gasteiger partial charge >= 0.3 is 0 Å². The van der Waals surface area contributed by atoms with Gasteiger partial charge in [-0.05, 0) is 25.7 Å². The Morgan fingerprint density at radius 2 is 2.15 bits per heavy atom. The number of aliphatic hydroxyl groups excluding tert-OH is 1. The first-order valence-electron chi connectivity index (χ1n) is 5.00. The van der Waals surface area contributed by atoms with E-state index in [1.807, 2.05) is 0 Å². The Bertz CT molecular complexity index is 170. The maximum atomic E-state index is 11.4. The second-order valence-electron chi connectivity index (χ2n) is 3.78. The molecule has 1 aliphatic carbocycles. The minimum absolute atomic E-state index is 0.201. The lowest BCUT2D eigenvalue weighted by molar-refractivity contribution is -0.127. The smallest absolute Gasteiger partial charge is 0.138 e. The Morgan fingerprint density at radius 1 is 1.38 bits per heavy atom. The molecule has 2 unspecified atom stereocenters. The first-order valence-corrected chi connectivity index (χ1v) is 5.54. The highest BCUT2D eigenvalue weighted by molar-refractivity contribution is 6.17. The van der Waals surface area contributed by atoms with Crippen LogP contribution >= 0.6 is 11.6 Å². The van der Waals surface area contributed by atoms with E-state index in [1.54, 1.807) is 0 Å². The van der Waals surface area contributed by atoms with E-state index in [1.165, 1.54) is 0 Å². The maximum Gasteiger partial charge on any atom is 0.138 e. The van der Waals surface area contributed by atoms with Gasteiger partial charge in [0.2, 0.25) is 0 Å². The zero-order chi connectivity index (χ0) is 9.68. The van der Waals surface area contributed by atoms with Gasteiger partial charge in [0.1, 0.15) is 5.78 Å². The first-order chi connectivity index (χ1) is 6.24. The largest absolute Gasteiger partial charge is 0.393 e. The van der Waals surface area contributed by atoms with E-state index in [-0.39, 0.29) is 17.8 Å². The van der Waals surface area contributed by atoms with Gasteiger partial charge in [0.15, 0.2) is 0 Å². The molecule has 0 bridgehead atoms. The van der Waals surface area contributed by atoms with E-state index >= 15 is 0 Å². The molecule has 0 aromatic heterocycles. The average molecular weight is 205 g/mol. The molecule has 1 N–H and O–H groups in total. The summed E-state index contributed by atoms with van der Waals surface area (Å²) in [4.78, 5) is 11.4. The summed E-state index contributed by atoms with van der Waals surface area (Å²) in [7, 11) is 0. The number of rotatable bonds is 4. The van der Waals surface area contributed by atoms with Crippen molar-refractivity contribution in [3.05, 3.63) is 0 Å². The number of unbranched alkanes of at least 4 members (excludes halogenated alkanes) is 1. The van der Waals surface area contributed by atoms with E-state index in [9.17, 15) is 9.90 Å². The van der Waals surface area contributed by atoms with Gasteiger partial charge in [-0.25, -0.2) is 0 Å². The van der Waals surface area contributed by atoms with Gasteiger partial charge in [0.05, 0.1) is 6.10 Å². The number of aliphatic hydroxyl groups is 1. The number of halogens is 1. The molecule has 3 heteroatoms. The van der Waals surface area contributed by atoms with Crippen LogP contribution in [0.2, 0.25) is 0 Å². The quantitative estimate of drug-likeness (QED) is 0.563. The lowest BCUT2D eigenvalue weighted by Crippen LogP contribution is -2.27. The molecule has 0 spiro atoms. The number of alkyl halides is 1. The van der Waals surface area contributed by atoms with E-state index < -0.39 is 0 Å². The van der Waals surface area contributed by atoms with Crippen LogP contribution < -0.4 is 0 Å². The molecule has 0 radical (unpaired) electrons. The van der Waals surface area contributed by atoms with Crippen molar-refractivity contribution < 1.29 is 9.90 Å². The lowest BCUT2D eigenvalue weighted by Gasteiger charge is -2.23. The Balaban J connectivity index is 2.22. The summed E-state index contributed by atoms with van der Waals surface area (Å²) in [6.45, 7) is 0. The van der Waals surface area contributed by atoms with Crippen molar-refractivity contribution in [3.63, 3.8) is 0 Å². The Hall–Kier alpha value is -0.0800. The Morgan fingerprint density at radius 3 is 2.77 bits per heavy atom. The second-order valence-corrected chi connectivity index (χ2v) is 4.16. The van der Waals surface area contributed by atoms with Crippen LogP contribution in [0.15, 0.2) is 0 Å². The monoisotopic (exact) mass is 204 g/mol. The lowest BCUT2D eigenvalue weighted by atomic mass is 9.83. The maximum absolute atomic E-state index is 11.4. The molecule has 1 rings (SSSR count). The minimum Gasteiger partial charge on any atom is -0.393 e. The number of hydrogen-bond donors (Lipinski definition) is 1. The summed E-state index contributed by atoms with van der Waals surface area (Å²) in [5.74, 6) is 1.13. The van der Waals surface area contributed by atoms with Crippen molar-refractivity contribution in [1.29, 1.82) is 0 Å². The van der Waals surface area contributed by atoms with E-state index in [0.29, 0.717) is 12.3 Å². The van der Waals surface area contributed by atoms with Crippen LogP contribution in [0.25, 0.3) is 0 Å². The van der Waals surface area contributed by atoms with Crippen molar-refractivity contribution >= 4 is 17.4 Å². The fraction of sp³-hybridized carbons (Fsp3) is 0.900. The van der Waals surface area contributed by atoms with E-state index in [2.05, 4.69) is 0 Å². The molecule has 2 atom stereocenters. The van der Waals surface area contributed by atoms with E-state index in [0.717, 1.165) is 32.1 Å². The van der Waals surface area contributed by atoms with Gasteiger partial charge in [-0.2, -0.15) is 0 Å². The fourth-order valence-electron chi connectivity index (χ4n) is 1.85. The molecular formula is C10H17ClO2. The van der Waals surface area contributed by atoms with Crippen molar-refractivity contribution in [2.75, 3.05) is 5.88 Å². The number of ketones is 1. The van der Waals surface area contributed by atoms with Crippen LogP contribution in [-0.2, 0) is 4.79 Å². The van der Waals surface area contributed by atoms with Gasteiger partial charge in [-0.1, -0.05) is 6.42 Å².